The van der Waals surface area contributed by atoms with Crippen LogP contribution < -0.4 is 5.32 Å². The average Bonchev–Trinajstić information content (AvgIpc) is 3.66. The summed E-state index contributed by atoms with van der Waals surface area (Å²) in [4.78, 5) is 26.2. The Morgan fingerprint density at radius 2 is 1.76 bits per heavy atom. The average molecular weight is 578 g/mol. The molecule has 7 nitrogen and oxygen atoms in total. The number of hydrogen-bond acceptors (Lipinski definition) is 6. The molecule has 0 saturated carbocycles. The van der Waals surface area contributed by atoms with Crippen molar-refractivity contribution in [3.05, 3.63) is 117 Å². The molecule has 3 N–H and O–H groups in total. The van der Waals surface area contributed by atoms with E-state index in [1.807, 2.05) is 78.3 Å². The fraction of sp³-hybridized carbons (Fsp3) is 0.235. The van der Waals surface area contributed by atoms with E-state index in [4.69, 9.17) is 4.99 Å². The van der Waals surface area contributed by atoms with Gasteiger partial charge in [-0.05, 0) is 66.9 Å². The van der Waals surface area contributed by atoms with Crippen molar-refractivity contribution in [1.82, 2.24) is 20.1 Å². The SMILES string of the molecule is C[C@@H](NC(=O)c1ccc2[nH]c(O)c(C(=Nc3ccc(CN4CCN(C)CC4)cc3)c3ccsc3)c2c1)c1ccccc1. The van der Waals surface area contributed by atoms with Crippen molar-refractivity contribution < 1.29 is 9.90 Å². The van der Waals surface area contributed by atoms with E-state index in [2.05, 4.69) is 39.3 Å². The lowest BCUT2D eigenvalue weighted by Crippen LogP contribution is -2.43. The number of aliphatic imine (C=N–C) groups is 1. The second-order valence-corrected chi connectivity index (χ2v) is 11.7. The Bertz CT molecular complexity index is 1690. The third-order valence-electron chi connectivity index (χ3n) is 7.90. The molecule has 5 aromatic rings. The summed E-state index contributed by atoms with van der Waals surface area (Å²) in [6, 6.07) is 25.5. The van der Waals surface area contributed by atoms with Crippen molar-refractivity contribution in [1.29, 1.82) is 0 Å². The molecule has 2 aromatic heterocycles. The van der Waals surface area contributed by atoms with Gasteiger partial charge in [-0.25, -0.2) is 4.99 Å². The number of rotatable bonds is 8. The minimum absolute atomic E-state index is 0.0249. The monoisotopic (exact) mass is 577 g/mol. The predicted octanol–water partition coefficient (Wildman–Crippen LogP) is 6.34. The molecule has 42 heavy (non-hydrogen) atoms. The largest absolute Gasteiger partial charge is 0.494 e. The topological polar surface area (TPSA) is 84.0 Å². The molecule has 6 rings (SSSR count). The zero-order valence-electron chi connectivity index (χ0n) is 23.9. The number of nitrogens with zero attached hydrogens (tertiary/aromatic N) is 3. The Morgan fingerprint density at radius 3 is 2.48 bits per heavy atom. The molecule has 1 aliphatic heterocycles. The molecule has 1 fully saturated rings. The molecule has 1 amide bonds. The molecule has 0 aliphatic carbocycles. The van der Waals surface area contributed by atoms with Crippen LogP contribution in [0.3, 0.4) is 0 Å². The van der Waals surface area contributed by atoms with Gasteiger partial charge in [0.05, 0.1) is 23.0 Å². The van der Waals surface area contributed by atoms with E-state index < -0.39 is 0 Å². The number of aromatic amines is 1. The molecule has 0 radical (unpaired) electrons. The van der Waals surface area contributed by atoms with Crippen molar-refractivity contribution in [2.75, 3.05) is 33.2 Å². The molecular weight excluding hydrogens is 542 g/mol. The quantitative estimate of drug-likeness (QED) is 0.188. The molecule has 3 heterocycles. The Balaban J connectivity index is 1.30. The van der Waals surface area contributed by atoms with E-state index in [-0.39, 0.29) is 17.8 Å². The maximum Gasteiger partial charge on any atom is 0.251 e. The molecule has 0 unspecified atom stereocenters. The van der Waals surface area contributed by atoms with E-state index >= 15 is 0 Å². The molecule has 214 valence electrons. The van der Waals surface area contributed by atoms with Gasteiger partial charge < -0.3 is 20.3 Å². The van der Waals surface area contributed by atoms with Crippen molar-refractivity contribution in [2.24, 2.45) is 4.99 Å². The van der Waals surface area contributed by atoms with E-state index in [1.165, 1.54) is 5.56 Å². The van der Waals surface area contributed by atoms with E-state index in [0.29, 0.717) is 16.8 Å². The standard InChI is InChI=1S/C34H35N5O2S/c1-23(25-6-4-3-5-7-25)35-33(40)26-10-13-30-29(20-26)31(34(41)37-30)32(27-14-19-42-22-27)36-28-11-8-24(9-12-28)21-39-17-15-38(2)16-18-39/h3-14,19-20,22-23,37,41H,15-18,21H2,1-2H3,(H,35,40)/t23-/m1/s1. The third-order valence-corrected chi connectivity index (χ3v) is 8.58. The highest BCUT2D eigenvalue weighted by molar-refractivity contribution is 7.08. The first-order valence-corrected chi connectivity index (χ1v) is 15.2. The van der Waals surface area contributed by atoms with Crippen LogP contribution in [0.1, 0.15) is 45.6 Å². The minimum atomic E-state index is -0.176. The van der Waals surface area contributed by atoms with Gasteiger partial charge in [-0.15, -0.1) is 0 Å². The van der Waals surface area contributed by atoms with Crippen LogP contribution in [0.5, 0.6) is 5.88 Å². The van der Waals surface area contributed by atoms with Crippen LogP contribution in [0, 0.1) is 0 Å². The Labute approximate surface area is 250 Å². The number of aromatic hydroxyl groups is 1. The van der Waals surface area contributed by atoms with Crippen LogP contribution in [0.2, 0.25) is 0 Å². The Kier molecular flexibility index (Phi) is 8.19. The number of carbonyl (C=O) groups excluding carboxylic acids is 1. The predicted molar refractivity (Wildman–Crippen MR) is 171 cm³/mol. The molecule has 3 aromatic carbocycles. The van der Waals surface area contributed by atoms with Crippen molar-refractivity contribution in [2.45, 2.75) is 19.5 Å². The summed E-state index contributed by atoms with van der Waals surface area (Å²) in [7, 11) is 2.17. The van der Waals surface area contributed by atoms with Crippen LogP contribution in [0.25, 0.3) is 10.9 Å². The van der Waals surface area contributed by atoms with Gasteiger partial charge in [0, 0.05) is 60.1 Å². The van der Waals surface area contributed by atoms with Crippen LogP contribution in [-0.4, -0.2) is 64.7 Å². The zero-order chi connectivity index (χ0) is 29.1. The highest BCUT2D eigenvalue weighted by Gasteiger charge is 2.21. The Morgan fingerprint density at radius 1 is 1.00 bits per heavy atom. The molecule has 8 heteroatoms. The van der Waals surface area contributed by atoms with Crippen molar-refractivity contribution >= 4 is 39.5 Å². The first-order chi connectivity index (χ1) is 20.4. The van der Waals surface area contributed by atoms with Gasteiger partial charge in [0.2, 0.25) is 0 Å². The number of hydrogen-bond donors (Lipinski definition) is 3. The molecule has 0 bridgehead atoms. The van der Waals surface area contributed by atoms with E-state index in [9.17, 15) is 9.90 Å². The lowest BCUT2D eigenvalue weighted by atomic mass is 10.0. The highest BCUT2D eigenvalue weighted by Crippen LogP contribution is 2.33. The van der Waals surface area contributed by atoms with Gasteiger partial charge in [-0.2, -0.15) is 11.3 Å². The van der Waals surface area contributed by atoms with Gasteiger partial charge in [0.15, 0.2) is 5.88 Å². The summed E-state index contributed by atoms with van der Waals surface area (Å²) in [5.74, 6) is -0.151. The fourth-order valence-corrected chi connectivity index (χ4v) is 6.04. The number of fused-ring (bicyclic) bond motifs is 1. The molecule has 1 saturated heterocycles. The number of piperazine rings is 1. The van der Waals surface area contributed by atoms with Gasteiger partial charge in [-0.1, -0.05) is 42.5 Å². The molecule has 1 aliphatic rings. The number of carbonyl (C=O) groups is 1. The molecular formula is C34H35N5O2S. The maximum atomic E-state index is 13.3. The van der Waals surface area contributed by atoms with Gasteiger partial charge in [0.1, 0.15) is 0 Å². The van der Waals surface area contributed by atoms with Crippen LogP contribution >= 0.6 is 11.3 Å². The van der Waals surface area contributed by atoms with Gasteiger partial charge in [-0.3, -0.25) is 9.69 Å². The molecule has 0 spiro atoms. The summed E-state index contributed by atoms with van der Waals surface area (Å²) < 4.78 is 0. The number of benzene rings is 3. The number of thiophene rings is 1. The van der Waals surface area contributed by atoms with Crippen LogP contribution in [-0.2, 0) is 6.54 Å². The summed E-state index contributed by atoms with van der Waals surface area (Å²) in [5, 5.41) is 19.0. The smallest absolute Gasteiger partial charge is 0.251 e. The van der Waals surface area contributed by atoms with Crippen molar-refractivity contribution in [3.8, 4) is 5.88 Å². The first-order valence-electron chi connectivity index (χ1n) is 14.3. The van der Waals surface area contributed by atoms with Gasteiger partial charge in [0.25, 0.3) is 5.91 Å². The fourth-order valence-electron chi connectivity index (χ4n) is 5.40. The first kappa shape index (κ1) is 27.9. The van der Waals surface area contributed by atoms with Gasteiger partial charge >= 0.3 is 0 Å². The second-order valence-electron chi connectivity index (χ2n) is 10.9. The number of H-pyrrole nitrogens is 1. The highest BCUT2D eigenvalue weighted by atomic mass is 32.1. The Hall–Kier alpha value is -4.24. The van der Waals surface area contributed by atoms with Crippen molar-refractivity contribution in [3.63, 3.8) is 0 Å². The summed E-state index contributed by atoms with van der Waals surface area (Å²) in [6.45, 7) is 7.22. The lowest BCUT2D eigenvalue weighted by Gasteiger charge is -2.32. The van der Waals surface area contributed by atoms with Crippen LogP contribution in [0.4, 0.5) is 5.69 Å². The second kappa shape index (κ2) is 12.3. The normalized spacial score (nSPS) is 15.6. The maximum absolute atomic E-state index is 13.3. The summed E-state index contributed by atoms with van der Waals surface area (Å²) in [6.07, 6.45) is 0. The third kappa shape index (κ3) is 6.16. The zero-order valence-corrected chi connectivity index (χ0v) is 24.7. The molecule has 1 atom stereocenters. The summed E-state index contributed by atoms with van der Waals surface area (Å²) in [5.41, 5.74) is 6.49. The summed E-state index contributed by atoms with van der Waals surface area (Å²) >= 11 is 1.58. The van der Waals surface area contributed by atoms with E-state index in [0.717, 1.165) is 60.4 Å². The number of nitrogens with one attached hydrogen (secondary N) is 2. The minimum Gasteiger partial charge on any atom is -0.494 e. The number of likely N-dealkylation sites (N-methyl/N-ethyl adjacent to an activating group) is 1. The number of aromatic nitrogens is 1. The van der Waals surface area contributed by atoms with Crippen LogP contribution in [0.15, 0.2) is 94.6 Å². The number of amides is 1. The van der Waals surface area contributed by atoms with E-state index in [1.54, 1.807) is 17.4 Å². The lowest BCUT2D eigenvalue weighted by molar-refractivity contribution is 0.0940.